The van der Waals surface area contributed by atoms with Crippen LogP contribution in [0.4, 0.5) is 5.69 Å². The number of fused-ring (bicyclic) bond motifs is 1. The first-order valence-electron chi connectivity index (χ1n) is 8.38. The fourth-order valence-electron chi connectivity index (χ4n) is 3.17. The van der Waals surface area contributed by atoms with E-state index in [-0.39, 0.29) is 0 Å². The Bertz CT molecular complexity index is 868. The van der Waals surface area contributed by atoms with Gasteiger partial charge >= 0.3 is 0 Å². The molecule has 3 heterocycles. The lowest BCUT2D eigenvalue weighted by atomic mass is 10.0. The van der Waals surface area contributed by atoms with Gasteiger partial charge in [-0.15, -0.1) is 0 Å². The van der Waals surface area contributed by atoms with E-state index in [1.807, 2.05) is 19.2 Å². The Morgan fingerprint density at radius 2 is 1.83 bits per heavy atom. The largest absolute Gasteiger partial charge is 0.378 e. The van der Waals surface area contributed by atoms with Gasteiger partial charge in [0.2, 0.25) is 0 Å². The fraction of sp³-hybridized carbons (Fsp3) is 0.300. The molecule has 1 aliphatic heterocycles. The summed E-state index contributed by atoms with van der Waals surface area (Å²) in [4.78, 5) is 11.6. The molecule has 0 unspecified atom stereocenters. The number of ether oxygens (including phenoxy) is 1. The number of rotatable bonds is 2. The zero-order valence-electron chi connectivity index (χ0n) is 14.1. The first kappa shape index (κ1) is 15.1. The maximum Gasteiger partial charge on any atom is 0.0727 e. The second-order valence-corrected chi connectivity index (χ2v) is 6.31. The van der Waals surface area contributed by atoms with E-state index in [0.29, 0.717) is 0 Å². The highest BCUT2D eigenvalue weighted by atomic mass is 16.5. The van der Waals surface area contributed by atoms with Crippen LogP contribution in [0.15, 0.2) is 42.6 Å². The summed E-state index contributed by atoms with van der Waals surface area (Å²) < 4.78 is 5.45. The minimum absolute atomic E-state index is 0.800. The molecule has 0 amide bonds. The average molecular weight is 319 g/mol. The maximum atomic E-state index is 5.45. The van der Waals surface area contributed by atoms with Crippen molar-refractivity contribution in [1.29, 1.82) is 0 Å². The summed E-state index contributed by atoms with van der Waals surface area (Å²) >= 11 is 0. The van der Waals surface area contributed by atoms with Gasteiger partial charge in [-0.2, -0.15) is 0 Å². The quantitative estimate of drug-likeness (QED) is 0.721. The van der Waals surface area contributed by atoms with Crippen LogP contribution in [0.3, 0.4) is 0 Å². The Morgan fingerprint density at radius 3 is 2.58 bits per heavy atom. The Hall–Kier alpha value is -2.46. The van der Waals surface area contributed by atoms with Gasteiger partial charge in [0.25, 0.3) is 0 Å². The topological polar surface area (TPSA) is 38.2 Å². The van der Waals surface area contributed by atoms with Crippen LogP contribution in [0.2, 0.25) is 0 Å². The number of aryl methyl sites for hydroxylation is 2. The van der Waals surface area contributed by atoms with E-state index in [2.05, 4.69) is 47.1 Å². The van der Waals surface area contributed by atoms with Gasteiger partial charge in [0.15, 0.2) is 0 Å². The summed E-state index contributed by atoms with van der Waals surface area (Å²) in [6.07, 6.45) is 1.89. The van der Waals surface area contributed by atoms with Crippen LogP contribution in [0, 0.1) is 13.8 Å². The highest BCUT2D eigenvalue weighted by Gasteiger charge is 2.13. The second-order valence-electron chi connectivity index (χ2n) is 6.31. The minimum atomic E-state index is 0.800. The van der Waals surface area contributed by atoms with E-state index in [0.717, 1.165) is 48.8 Å². The SMILES string of the molecule is Cc1ccc(-c2cc(C)c3cc(N4CCOCC4)ccc3n2)cn1. The molecule has 122 valence electrons. The molecule has 0 saturated carbocycles. The summed E-state index contributed by atoms with van der Waals surface area (Å²) in [5, 5.41) is 1.21. The predicted octanol–water partition coefficient (Wildman–Crippen LogP) is 3.75. The third-order valence-electron chi connectivity index (χ3n) is 4.58. The van der Waals surface area contributed by atoms with Gasteiger partial charge in [-0.05, 0) is 55.8 Å². The van der Waals surface area contributed by atoms with Crippen LogP contribution >= 0.6 is 0 Å². The molecule has 1 aliphatic rings. The summed E-state index contributed by atoms with van der Waals surface area (Å²) in [6, 6.07) is 12.8. The molecule has 2 aromatic heterocycles. The van der Waals surface area contributed by atoms with Crippen LogP contribution in [0.25, 0.3) is 22.2 Å². The van der Waals surface area contributed by atoms with Crippen molar-refractivity contribution < 1.29 is 4.74 Å². The van der Waals surface area contributed by atoms with Crippen molar-refractivity contribution in [3.63, 3.8) is 0 Å². The van der Waals surface area contributed by atoms with Gasteiger partial charge in [0, 0.05) is 41.6 Å². The van der Waals surface area contributed by atoms with Crippen LogP contribution in [-0.4, -0.2) is 36.3 Å². The maximum absolute atomic E-state index is 5.45. The number of anilines is 1. The van der Waals surface area contributed by atoms with Gasteiger partial charge in [0.05, 0.1) is 24.4 Å². The van der Waals surface area contributed by atoms with Gasteiger partial charge < -0.3 is 9.64 Å². The zero-order chi connectivity index (χ0) is 16.5. The number of morpholine rings is 1. The van der Waals surface area contributed by atoms with Gasteiger partial charge in [-0.3, -0.25) is 4.98 Å². The first-order valence-corrected chi connectivity index (χ1v) is 8.38. The van der Waals surface area contributed by atoms with E-state index in [4.69, 9.17) is 9.72 Å². The molecule has 0 bridgehead atoms. The molecule has 4 heteroatoms. The highest BCUT2D eigenvalue weighted by Crippen LogP contribution is 2.28. The Kier molecular flexibility index (Phi) is 3.90. The van der Waals surface area contributed by atoms with E-state index in [1.165, 1.54) is 16.6 Å². The molecule has 0 atom stereocenters. The number of pyridine rings is 2. The van der Waals surface area contributed by atoms with E-state index < -0.39 is 0 Å². The zero-order valence-corrected chi connectivity index (χ0v) is 14.1. The van der Waals surface area contributed by atoms with Gasteiger partial charge in [-0.1, -0.05) is 0 Å². The van der Waals surface area contributed by atoms with Crippen molar-refractivity contribution in [2.75, 3.05) is 31.2 Å². The molecule has 4 nitrogen and oxygen atoms in total. The van der Waals surface area contributed by atoms with Crippen LogP contribution in [-0.2, 0) is 4.74 Å². The molecular weight excluding hydrogens is 298 g/mol. The van der Waals surface area contributed by atoms with Crippen LogP contribution in [0.5, 0.6) is 0 Å². The van der Waals surface area contributed by atoms with Gasteiger partial charge in [-0.25, -0.2) is 4.98 Å². The Morgan fingerprint density at radius 1 is 1.00 bits per heavy atom. The Balaban J connectivity index is 1.75. The lowest BCUT2D eigenvalue weighted by molar-refractivity contribution is 0.122. The lowest BCUT2D eigenvalue weighted by Gasteiger charge is -2.29. The summed E-state index contributed by atoms with van der Waals surface area (Å²) in [5.41, 5.74) is 6.58. The van der Waals surface area contributed by atoms with Crippen molar-refractivity contribution in [3.05, 3.63) is 53.9 Å². The van der Waals surface area contributed by atoms with Crippen molar-refractivity contribution in [2.45, 2.75) is 13.8 Å². The lowest BCUT2D eigenvalue weighted by Crippen LogP contribution is -2.36. The molecule has 4 rings (SSSR count). The van der Waals surface area contributed by atoms with Crippen LogP contribution in [0.1, 0.15) is 11.3 Å². The molecular formula is C20H21N3O. The normalized spacial score (nSPS) is 15.0. The number of benzene rings is 1. The Labute approximate surface area is 142 Å². The summed E-state index contributed by atoms with van der Waals surface area (Å²) in [7, 11) is 0. The average Bonchev–Trinajstić information content (AvgIpc) is 2.63. The molecule has 3 aromatic rings. The minimum Gasteiger partial charge on any atom is -0.378 e. The molecule has 24 heavy (non-hydrogen) atoms. The summed E-state index contributed by atoms with van der Waals surface area (Å²) in [5.74, 6) is 0. The molecule has 1 aromatic carbocycles. The van der Waals surface area contributed by atoms with Gasteiger partial charge in [0.1, 0.15) is 0 Å². The first-order chi connectivity index (χ1) is 11.7. The van der Waals surface area contributed by atoms with E-state index in [1.54, 1.807) is 0 Å². The molecule has 1 saturated heterocycles. The third kappa shape index (κ3) is 2.85. The predicted molar refractivity (Wildman–Crippen MR) is 97.5 cm³/mol. The smallest absolute Gasteiger partial charge is 0.0727 e. The molecule has 0 spiro atoms. The van der Waals surface area contributed by atoms with Crippen LogP contribution < -0.4 is 4.90 Å². The fourth-order valence-corrected chi connectivity index (χ4v) is 3.17. The standard InChI is InChI=1S/C20H21N3O/c1-14-11-20(16-4-3-15(2)21-13-16)22-19-6-5-17(12-18(14)19)23-7-9-24-10-8-23/h3-6,11-13H,7-10H2,1-2H3. The number of nitrogens with zero attached hydrogens (tertiary/aromatic N) is 3. The highest BCUT2D eigenvalue weighted by molar-refractivity contribution is 5.88. The number of hydrogen-bond acceptors (Lipinski definition) is 4. The number of hydrogen-bond donors (Lipinski definition) is 0. The monoisotopic (exact) mass is 319 g/mol. The second kappa shape index (κ2) is 6.21. The van der Waals surface area contributed by atoms with E-state index >= 15 is 0 Å². The van der Waals surface area contributed by atoms with E-state index in [9.17, 15) is 0 Å². The third-order valence-corrected chi connectivity index (χ3v) is 4.58. The van der Waals surface area contributed by atoms with Crippen molar-refractivity contribution in [2.24, 2.45) is 0 Å². The molecule has 0 radical (unpaired) electrons. The van der Waals surface area contributed by atoms with Crippen molar-refractivity contribution in [3.8, 4) is 11.3 Å². The molecule has 0 aliphatic carbocycles. The van der Waals surface area contributed by atoms with Crippen molar-refractivity contribution in [1.82, 2.24) is 9.97 Å². The molecule has 0 N–H and O–H groups in total. The van der Waals surface area contributed by atoms with Crippen molar-refractivity contribution >= 4 is 16.6 Å². The molecule has 1 fully saturated rings. The summed E-state index contributed by atoms with van der Waals surface area (Å²) in [6.45, 7) is 7.65. The number of aromatic nitrogens is 2.